The SMILES string of the molecule is OCC(F)(F)c1ccc(Cl)cc1F. The Bertz CT molecular complexity index is 314. The lowest BCUT2D eigenvalue weighted by Gasteiger charge is -2.13. The predicted octanol–water partition coefficient (Wildman–Crippen LogP) is 2.56. The van der Waals surface area contributed by atoms with E-state index in [0.29, 0.717) is 0 Å². The van der Waals surface area contributed by atoms with E-state index in [0.717, 1.165) is 18.2 Å². The molecule has 1 rings (SSSR count). The maximum atomic E-state index is 12.9. The maximum Gasteiger partial charge on any atom is 0.298 e. The van der Waals surface area contributed by atoms with Gasteiger partial charge in [-0.3, -0.25) is 0 Å². The quantitative estimate of drug-likeness (QED) is 0.796. The topological polar surface area (TPSA) is 20.2 Å². The maximum absolute atomic E-state index is 12.9. The third-order valence-corrected chi connectivity index (χ3v) is 1.76. The van der Waals surface area contributed by atoms with Crippen molar-refractivity contribution in [3.63, 3.8) is 0 Å². The van der Waals surface area contributed by atoms with E-state index >= 15 is 0 Å². The molecule has 0 bridgehead atoms. The number of rotatable bonds is 2. The fraction of sp³-hybridized carbons (Fsp3) is 0.250. The van der Waals surface area contributed by atoms with E-state index in [1.165, 1.54) is 0 Å². The summed E-state index contributed by atoms with van der Waals surface area (Å²) in [5, 5.41) is 8.33. The molecule has 1 aromatic carbocycles. The average Bonchev–Trinajstić information content (AvgIpc) is 2.03. The number of hydrogen-bond donors (Lipinski definition) is 1. The molecule has 1 aromatic rings. The second kappa shape index (κ2) is 3.55. The van der Waals surface area contributed by atoms with Gasteiger partial charge in [-0.15, -0.1) is 0 Å². The molecule has 72 valence electrons. The number of aliphatic hydroxyl groups excluding tert-OH is 1. The smallest absolute Gasteiger partial charge is 0.298 e. The Kier molecular flexibility index (Phi) is 2.83. The van der Waals surface area contributed by atoms with Crippen LogP contribution in [0.1, 0.15) is 5.56 Å². The molecule has 0 saturated heterocycles. The zero-order valence-corrected chi connectivity index (χ0v) is 7.15. The molecule has 0 unspecified atom stereocenters. The molecule has 0 aliphatic carbocycles. The van der Waals surface area contributed by atoms with Crippen LogP contribution < -0.4 is 0 Å². The second-order valence-electron chi connectivity index (χ2n) is 2.49. The molecule has 0 atom stereocenters. The van der Waals surface area contributed by atoms with Gasteiger partial charge in [0.1, 0.15) is 12.4 Å². The van der Waals surface area contributed by atoms with Gasteiger partial charge < -0.3 is 5.11 Å². The van der Waals surface area contributed by atoms with E-state index in [4.69, 9.17) is 16.7 Å². The Labute approximate surface area is 77.8 Å². The van der Waals surface area contributed by atoms with Crippen molar-refractivity contribution in [1.29, 1.82) is 0 Å². The third-order valence-electron chi connectivity index (χ3n) is 1.52. The zero-order valence-electron chi connectivity index (χ0n) is 6.40. The molecule has 0 saturated carbocycles. The first-order valence-electron chi connectivity index (χ1n) is 3.41. The molecule has 13 heavy (non-hydrogen) atoms. The molecule has 0 fully saturated rings. The van der Waals surface area contributed by atoms with Crippen LogP contribution in [-0.2, 0) is 5.92 Å². The number of benzene rings is 1. The standard InChI is InChI=1S/C8H6ClF3O/c9-5-1-2-6(7(10)3-5)8(11,12)4-13/h1-3,13H,4H2. The fourth-order valence-corrected chi connectivity index (χ4v) is 1.03. The second-order valence-corrected chi connectivity index (χ2v) is 2.92. The van der Waals surface area contributed by atoms with Crippen LogP contribution in [0.15, 0.2) is 18.2 Å². The number of halogens is 4. The van der Waals surface area contributed by atoms with Crippen LogP contribution in [0, 0.1) is 5.82 Å². The van der Waals surface area contributed by atoms with Crippen LogP contribution in [0.25, 0.3) is 0 Å². The van der Waals surface area contributed by atoms with Gasteiger partial charge in [0.15, 0.2) is 0 Å². The normalized spacial score (nSPS) is 11.8. The van der Waals surface area contributed by atoms with Crippen molar-refractivity contribution in [1.82, 2.24) is 0 Å². The van der Waals surface area contributed by atoms with Crippen LogP contribution in [0.2, 0.25) is 5.02 Å². The monoisotopic (exact) mass is 210 g/mol. The van der Waals surface area contributed by atoms with Crippen molar-refractivity contribution in [2.45, 2.75) is 5.92 Å². The van der Waals surface area contributed by atoms with Gasteiger partial charge in [-0.2, -0.15) is 8.78 Å². The largest absolute Gasteiger partial charge is 0.390 e. The summed E-state index contributed by atoms with van der Waals surface area (Å²) in [6, 6.07) is 2.78. The van der Waals surface area contributed by atoms with E-state index in [1.807, 2.05) is 0 Å². The Morgan fingerprint density at radius 2 is 2.00 bits per heavy atom. The van der Waals surface area contributed by atoms with Crippen molar-refractivity contribution < 1.29 is 18.3 Å². The van der Waals surface area contributed by atoms with Gasteiger partial charge in [-0.1, -0.05) is 11.6 Å². The minimum Gasteiger partial charge on any atom is -0.390 e. The first-order chi connectivity index (χ1) is 5.97. The van der Waals surface area contributed by atoms with Crippen LogP contribution in [0.4, 0.5) is 13.2 Å². The first kappa shape index (κ1) is 10.3. The zero-order chi connectivity index (χ0) is 10.1. The lowest BCUT2D eigenvalue weighted by atomic mass is 10.1. The molecular formula is C8H6ClF3O. The lowest BCUT2D eigenvalue weighted by molar-refractivity contribution is -0.0582. The van der Waals surface area contributed by atoms with Gasteiger partial charge in [-0.05, 0) is 18.2 Å². The van der Waals surface area contributed by atoms with E-state index < -0.39 is 23.9 Å². The first-order valence-corrected chi connectivity index (χ1v) is 3.79. The summed E-state index contributed by atoms with van der Waals surface area (Å²) in [7, 11) is 0. The van der Waals surface area contributed by atoms with Crippen molar-refractivity contribution in [2.75, 3.05) is 6.61 Å². The van der Waals surface area contributed by atoms with Gasteiger partial charge in [0.2, 0.25) is 0 Å². The van der Waals surface area contributed by atoms with Gasteiger partial charge >= 0.3 is 0 Å². The summed E-state index contributed by atoms with van der Waals surface area (Å²) >= 11 is 5.36. The van der Waals surface area contributed by atoms with Crippen LogP contribution in [0.3, 0.4) is 0 Å². The van der Waals surface area contributed by atoms with Crippen LogP contribution in [0.5, 0.6) is 0 Å². The molecule has 0 aliphatic heterocycles. The van der Waals surface area contributed by atoms with Gasteiger partial charge in [0.05, 0.1) is 5.56 Å². The van der Waals surface area contributed by atoms with E-state index in [2.05, 4.69) is 0 Å². The van der Waals surface area contributed by atoms with E-state index in [9.17, 15) is 13.2 Å². The lowest BCUT2D eigenvalue weighted by Crippen LogP contribution is -2.20. The minimum absolute atomic E-state index is 0.0370. The molecule has 0 aromatic heterocycles. The highest BCUT2D eigenvalue weighted by molar-refractivity contribution is 6.30. The minimum atomic E-state index is -3.56. The van der Waals surface area contributed by atoms with Gasteiger partial charge in [-0.25, -0.2) is 4.39 Å². The molecule has 1 nitrogen and oxygen atoms in total. The summed E-state index contributed by atoms with van der Waals surface area (Å²) < 4.78 is 38.3. The number of alkyl halides is 2. The Morgan fingerprint density at radius 1 is 1.38 bits per heavy atom. The predicted molar refractivity (Wildman–Crippen MR) is 42.4 cm³/mol. The third kappa shape index (κ3) is 2.14. The summed E-state index contributed by atoms with van der Waals surface area (Å²) in [6.45, 7) is -1.43. The van der Waals surface area contributed by atoms with E-state index in [1.54, 1.807) is 0 Å². The summed E-state index contributed by atoms with van der Waals surface area (Å²) in [4.78, 5) is 0. The van der Waals surface area contributed by atoms with Gasteiger partial charge in [0.25, 0.3) is 5.92 Å². The Balaban J connectivity index is 3.16. The van der Waals surface area contributed by atoms with Crippen LogP contribution >= 0.6 is 11.6 Å². The molecule has 0 heterocycles. The average molecular weight is 211 g/mol. The highest BCUT2D eigenvalue weighted by Crippen LogP contribution is 2.30. The summed E-state index contributed by atoms with van der Waals surface area (Å²) in [5.74, 6) is -4.68. The Hall–Kier alpha value is -0.740. The molecule has 1 N–H and O–H groups in total. The molecule has 0 radical (unpaired) electrons. The fourth-order valence-electron chi connectivity index (χ4n) is 0.871. The van der Waals surface area contributed by atoms with Gasteiger partial charge in [0, 0.05) is 5.02 Å². The highest BCUT2D eigenvalue weighted by Gasteiger charge is 2.33. The molecule has 0 spiro atoms. The molecule has 0 aliphatic rings. The summed E-state index contributed by atoms with van der Waals surface area (Å²) in [5.41, 5.74) is -0.848. The number of aliphatic hydroxyl groups is 1. The number of hydrogen-bond acceptors (Lipinski definition) is 1. The van der Waals surface area contributed by atoms with Crippen molar-refractivity contribution in [3.05, 3.63) is 34.6 Å². The van der Waals surface area contributed by atoms with Crippen molar-refractivity contribution in [3.8, 4) is 0 Å². The van der Waals surface area contributed by atoms with Crippen LogP contribution in [-0.4, -0.2) is 11.7 Å². The highest BCUT2D eigenvalue weighted by atomic mass is 35.5. The Morgan fingerprint density at radius 3 is 2.46 bits per heavy atom. The molecular weight excluding hydrogens is 205 g/mol. The molecule has 5 heteroatoms. The van der Waals surface area contributed by atoms with E-state index in [-0.39, 0.29) is 5.02 Å². The molecule has 0 amide bonds. The summed E-state index contributed by atoms with van der Waals surface area (Å²) in [6.07, 6.45) is 0. The van der Waals surface area contributed by atoms with Crippen molar-refractivity contribution >= 4 is 11.6 Å². The van der Waals surface area contributed by atoms with Crippen molar-refractivity contribution in [2.24, 2.45) is 0 Å².